The zero-order chi connectivity index (χ0) is 22.1. The van der Waals surface area contributed by atoms with Gasteiger partial charge in [-0.3, -0.25) is 9.36 Å². The molecule has 0 radical (unpaired) electrons. The van der Waals surface area contributed by atoms with E-state index in [9.17, 15) is 4.79 Å². The van der Waals surface area contributed by atoms with Gasteiger partial charge in [-0.2, -0.15) is 0 Å². The first kappa shape index (κ1) is 23.1. The van der Waals surface area contributed by atoms with Crippen LogP contribution in [0.4, 0.5) is 5.69 Å². The van der Waals surface area contributed by atoms with Gasteiger partial charge in [-0.15, -0.1) is 0 Å². The zero-order valence-electron chi connectivity index (χ0n) is 18.3. The molecule has 7 heteroatoms. The minimum atomic E-state index is -0.0741. The van der Waals surface area contributed by atoms with Crippen LogP contribution in [0.15, 0.2) is 60.0 Å². The number of carbonyl (C=O) groups is 1. The van der Waals surface area contributed by atoms with Crippen LogP contribution in [0.5, 0.6) is 0 Å². The lowest BCUT2D eigenvalue weighted by Crippen LogP contribution is -2.14. The van der Waals surface area contributed by atoms with Gasteiger partial charge in [0.1, 0.15) is 0 Å². The fourth-order valence-electron chi connectivity index (χ4n) is 3.08. The van der Waals surface area contributed by atoms with Gasteiger partial charge in [0.25, 0.3) is 0 Å². The molecule has 164 valence electrons. The number of hydrogen-bond acceptors (Lipinski definition) is 5. The average Bonchev–Trinajstić information content (AvgIpc) is 3.22. The van der Waals surface area contributed by atoms with E-state index in [-0.39, 0.29) is 11.7 Å². The molecule has 3 aromatic rings. The molecule has 0 bridgehead atoms. The Labute approximate surface area is 188 Å². The van der Waals surface area contributed by atoms with E-state index < -0.39 is 0 Å². The second-order valence-corrected chi connectivity index (χ2v) is 8.10. The Bertz CT molecular complexity index is 1000. The van der Waals surface area contributed by atoms with Crippen LogP contribution in [-0.2, 0) is 20.9 Å². The van der Waals surface area contributed by atoms with Crippen molar-refractivity contribution >= 4 is 23.4 Å². The molecule has 0 aliphatic carbocycles. The molecule has 6 nitrogen and oxygen atoms in total. The Balaban J connectivity index is 1.54. The number of amides is 1. The van der Waals surface area contributed by atoms with E-state index in [4.69, 9.17) is 9.47 Å². The molecule has 2 aromatic carbocycles. The lowest BCUT2D eigenvalue weighted by Gasteiger charge is -2.12. The van der Waals surface area contributed by atoms with Crippen LogP contribution >= 0.6 is 11.8 Å². The van der Waals surface area contributed by atoms with Crippen LogP contribution < -0.4 is 5.32 Å². The Morgan fingerprint density at radius 1 is 1.13 bits per heavy atom. The molecule has 0 unspecified atom stereocenters. The number of thioether (sulfide) groups is 1. The van der Waals surface area contributed by atoms with Crippen LogP contribution in [0, 0.1) is 13.8 Å². The number of nitrogens with zero attached hydrogens (tertiary/aromatic N) is 2. The highest BCUT2D eigenvalue weighted by Gasteiger charge is 2.11. The maximum Gasteiger partial charge on any atom is 0.234 e. The molecule has 0 spiro atoms. The van der Waals surface area contributed by atoms with Crippen molar-refractivity contribution in [3.05, 3.63) is 71.5 Å². The predicted molar refractivity (Wildman–Crippen MR) is 125 cm³/mol. The van der Waals surface area contributed by atoms with Crippen molar-refractivity contribution in [3.63, 3.8) is 0 Å². The van der Waals surface area contributed by atoms with Crippen molar-refractivity contribution in [2.45, 2.75) is 32.5 Å². The molecule has 0 fully saturated rings. The number of hydrogen-bond donors (Lipinski definition) is 1. The molecule has 31 heavy (non-hydrogen) atoms. The first-order valence-electron chi connectivity index (χ1n) is 10.3. The quantitative estimate of drug-likeness (QED) is 0.344. The topological polar surface area (TPSA) is 65.4 Å². The van der Waals surface area contributed by atoms with Crippen LogP contribution in [0.3, 0.4) is 0 Å². The van der Waals surface area contributed by atoms with E-state index in [1.165, 1.54) is 17.3 Å². The molecule has 3 rings (SSSR count). The van der Waals surface area contributed by atoms with Gasteiger partial charge in [0.2, 0.25) is 5.91 Å². The molecule has 0 atom stereocenters. The number of ether oxygens (including phenoxy) is 2. The maximum absolute atomic E-state index is 12.5. The second-order valence-electron chi connectivity index (χ2n) is 7.16. The third-order valence-corrected chi connectivity index (χ3v) is 5.59. The molecule has 0 saturated heterocycles. The van der Waals surface area contributed by atoms with Gasteiger partial charge in [-0.25, -0.2) is 4.98 Å². The number of benzene rings is 2. The van der Waals surface area contributed by atoms with Crippen molar-refractivity contribution in [2.24, 2.45) is 0 Å². The fraction of sp³-hybridized carbons (Fsp3) is 0.333. The highest BCUT2D eigenvalue weighted by Crippen LogP contribution is 2.24. The summed E-state index contributed by atoms with van der Waals surface area (Å²) in [6.07, 6.45) is 3.69. The smallest absolute Gasteiger partial charge is 0.234 e. The molecule has 1 N–H and O–H groups in total. The normalized spacial score (nSPS) is 10.9. The molecular weight excluding hydrogens is 410 g/mol. The lowest BCUT2D eigenvalue weighted by atomic mass is 10.1. The van der Waals surface area contributed by atoms with Gasteiger partial charge in [0, 0.05) is 24.7 Å². The van der Waals surface area contributed by atoms with Crippen LogP contribution in [-0.4, -0.2) is 41.0 Å². The number of rotatable bonds is 11. The summed E-state index contributed by atoms with van der Waals surface area (Å²) in [5.74, 6) is 0.201. The van der Waals surface area contributed by atoms with Crippen molar-refractivity contribution in [3.8, 4) is 5.69 Å². The number of aryl methyl sites for hydroxylation is 2. The number of nitrogens with one attached hydrogen (secondary N) is 1. The zero-order valence-corrected chi connectivity index (χ0v) is 19.1. The molecule has 0 aliphatic heterocycles. The summed E-state index contributed by atoms with van der Waals surface area (Å²) in [6, 6.07) is 14.0. The molecular formula is C24H29N3O3S. The van der Waals surface area contributed by atoms with Gasteiger partial charge >= 0.3 is 0 Å². The molecule has 1 aromatic heterocycles. The summed E-state index contributed by atoms with van der Waals surface area (Å²) in [4.78, 5) is 16.9. The summed E-state index contributed by atoms with van der Waals surface area (Å²) >= 11 is 1.42. The minimum Gasteiger partial charge on any atom is -0.379 e. The summed E-state index contributed by atoms with van der Waals surface area (Å²) in [5, 5.41) is 3.75. The van der Waals surface area contributed by atoms with E-state index in [0.29, 0.717) is 26.4 Å². The number of anilines is 1. The van der Waals surface area contributed by atoms with Crippen molar-refractivity contribution < 1.29 is 14.3 Å². The van der Waals surface area contributed by atoms with Crippen LogP contribution in [0.25, 0.3) is 5.69 Å². The van der Waals surface area contributed by atoms with Gasteiger partial charge < -0.3 is 14.8 Å². The van der Waals surface area contributed by atoms with Crippen LogP contribution in [0.2, 0.25) is 0 Å². The monoisotopic (exact) mass is 439 g/mol. The second kappa shape index (κ2) is 11.7. The van der Waals surface area contributed by atoms with Crippen molar-refractivity contribution in [1.29, 1.82) is 0 Å². The first-order chi connectivity index (χ1) is 15.1. The van der Waals surface area contributed by atoms with Gasteiger partial charge in [-0.1, -0.05) is 36.0 Å². The number of carbonyl (C=O) groups excluding carboxylic acids is 1. The number of aromatic nitrogens is 2. The van der Waals surface area contributed by atoms with Gasteiger partial charge in [-0.05, 0) is 55.7 Å². The summed E-state index contributed by atoms with van der Waals surface area (Å²) in [7, 11) is 0. The molecule has 1 heterocycles. The van der Waals surface area contributed by atoms with E-state index in [1.807, 2.05) is 42.0 Å². The predicted octanol–water partition coefficient (Wildman–Crippen LogP) is 4.77. The fourth-order valence-corrected chi connectivity index (χ4v) is 3.84. The van der Waals surface area contributed by atoms with Crippen LogP contribution in [0.1, 0.15) is 23.6 Å². The Morgan fingerprint density at radius 2 is 1.97 bits per heavy atom. The molecule has 1 amide bonds. The molecule has 0 saturated carbocycles. The SMILES string of the molecule is CCOCCOCc1cccc(NC(=O)CSc2nccn2-c2cc(C)ccc2C)c1. The number of imidazole rings is 1. The van der Waals surface area contributed by atoms with Crippen molar-refractivity contribution in [2.75, 3.05) is 30.9 Å². The Morgan fingerprint density at radius 3 is 2.81 bits per heavy atom. The van der Waals surface area contributed by atoms with E-state index >= 15 is 0 Å². The minimum absolute atomic E-state index is 0.0741. The highest BCUT2D eigenvalue weighted by molar-refractivity contribution is 7.99. The molecule has 0 aliphatic rings. The third-order valence-electron chi connectivity index (χ3n) is 4.62. The van der Waals surface area contributed by atoms with E-state index in [0.717, 1.165) is 27.7 Å². The first-order valence-corrected chi connectivity index (χ1v) is 11.3. The maximum atomic E-state index is 12.5. The Hall–Kier alpha value is -2.61. The van der Waals surface area contributed by atoms with Crippen molar-refractivity contribution in [1.82, 2.24) is 9.55 Å². The third kappa shape index (κ3) is 6.95. The summed E-state index contributed by atoms with van der Waals surface area (Å²) in [6.45, 7) is 8.41. The highest BCUT2D eigenvalue weighted by atomic mass is 32.2. The van der Waals surface area contributed by atoms with Gasteiger partial charge in [0.15, 0.2) is 5.16 Å². The largest absolute Gasteiger partial charge is 0.379 e. The summed E-state index contributed by atoms with van der Waals surface area (Å²) < 4.78 is 12.9. The Kier molecular flexibility index (Phi) is 8.70. The average molecular weight is 440 g/mol. The summed E-state index contributed by atoms with van der Waals surface area (Å²) in [5.41, 5.74) is 5.19. The van der Waals surface area contributed by atoms with E-state index in [1.54, 1.807) is 6.20 Å². The standard InChI is InChI=1S/C24H29N3O3S/c1-4-29-12-13-30-16-20-6-5-7-21(15-20)26-23(28)17-31-24-25-10-11-27(24)22-14-18(2)8-9-19(22)3/h5-11,14-15H,4,12-13,16-17H2,1-3H3,(H,26,28). The van der Waals surface area contributed by atoms with E-state index in [2.05, 4.69) is 42.3 Å². The van der Waals surface area contributed by atoms with Gasteiger partial charge in [0.05, 0.1) is 31.3 Å². The lowest BCUT2D eigenvalue weighted by molar-refractivity contribution is -0.113.